The number of ether oxygens (including phenoxy) is 1. The second-order valence-corrected chi connectivity index (χ2v) is 8.30. The van der Waals surface area contributed by atoms with E-state index in [2.05, 4.69) is 20.6 Å². The Morgan fingerprint density at radius 3 is 2.90 bits per heavy atom. The third kappa shape index (κ3) is 3.85. The SMILES string of the molecule is O=C(Nc1nnc(C2CCCO2)s1)c1cnn(-c2cc(F)ccc2Cl)c1-n1cccc1. The Kier molecular flexibility index (Phi) is 5.26. The van der Waals surface area contributed by atoms with E-state index in [0.29, 0.717) is 28.3 Å². The molecule has 1 N–H and O–H groups in total. The van der Waals surface area contributed by atoms with Gasteiger partial charge in [-0.1, -0.05) is 22.9 Å². The molecule has 0 aliphatic carbocycles. The molecule has 0 saturated carbocycles. The molecule has 5 rings (SSSR count). The summed E-state index contributed by atoms with van der Waals surface area (Å²) in [7, 11) is 0. The summed E-state index contributed by atoms with van der Waals surface area (Å²) in [5, 5.41) is 16.7. The van der Waals surface area contributed by atoms with E-state index in [4.69, 9.17) is 16.3 Å². The second-order valence-electron chi connectivity index (χ2n) is 6.88. The van der Waals surface area contributed by atoms with Gasteiger partial charge in [0.15, 0.2) is 5.82 Å². The van der Waals surface area contributed by atoms with Crippen LogP contribution in [0, 0.1) is 5.82 Å². The predicted molar refractivity (Wildman–Crippen MR) is 114 cm³/mol. The Morgan fingerprint density at radius 2 is 2.13 bits per heavy atom. The Balaban J connectivity index is 1.50. The molecule has 1 atom stereocenters. The van der Waals surface area contributed by atoms with Gasteiger partial charge in [-0.15, -0.1) is 10.2 Å². The van der Waals surface area contributed by atoms with Gasteiger partial charge < -0.3 is 9.30 Å². The number of rotatable bonds is 5. The average molecular weight is 459 g/mol. The molecule has 31 heavy (non-hydrogen) atoms. The van der Waals surface area contributed by atoms with Crippen molar-refractivity contribution in [3.05, 3.63) is 70.3 Å². The first-order valence-electron chi connectivity index (χ1n) is 9.53. The monoisotopic (exact) mass is 458 g/mol. The summed E-state index contributed by atoms with van der Waals surface area (Å²) in [5.41, 5.74) is 0.589. The van der Waals surface area contributed by atoms with Crippen LogP contribution in [-0.2, 0) is 4.74 Å². The van der Waals surface area contributed by atoms with Crippen LogP contribution < -0.4 is 5.32 Å². The first-order chi connectivity index (χ1) is 15.1. The number of hydrogen-bond donors (Lipinski definition) is 1. The van der Waals surface area contributed by atoms with Crippen LogP contribution in [0.25, 0.3) is 11.5 Å². The lowest BCUT2D eigenvalue weighted by molar-refractivity contribution is 0.102. The molecule has 0 spiro atoms. The normalized spacial score (nSPS) is 16.0. The van der Waals surface area contributed by atoms with Gasteiger partial charge in [-0.3, -0.25) is 10.1 Å². The summed E-state index contributed by atoms with van der Waals surface area (Å²) in [5.74, 6) is -0.466. The zero-order chi connectivity index (χ0) is 21.4. The number of benzene rings is 1. The summed E-state index contributed by atoms with van der Waals surface area (Å²) in [6.07, 6.45) is 6.73. The molecule has 1 aromatic carbocycles. The van der Waals surface area contributed by atoms with Crippen molar-refractivity contribution in [3.63, 3.8) is 0 Å². The molecule has 4 aromatic rings. The largest absolute Gasteiger partial charge is 0.371 e. The molecule has 1 saturated heterocycles. The van der Waals surface area contributed by atoms with Crippen LogP contribution in [0.1, 0.15) is 34.3 Å². The molecular weight excluding hydrogens is 443 g/mol. The lowest BCUT2D eigenvalue weighted by atomic mass is 10.2. The smallest absolute Gasteiger partial charge is 0.262 e. The second kappa shape index (κ2) is 8.22. The van der Waals surface area contributed by atoms with Crippen molar-refractivity contribution in [1.82, 2.24) is 24.5 Å². The number of nitrogens with one attached hydrogen (secondary N) is 1. The quantitative estimate of drug-likeness (QED) is 0.478. The number of nitrogens with zero attached hydrogens (tertiary/aromatic N) is 5. The van der Waals surface area contributed by atoms with E-state index < -0.39 is 11.7 Å². The highest BCUT2D eigenvalue weighted by Crippen LogP contribution is 2.32. The standard InChI is InChI=1S/C20H16ClFN6O2S/c21-14-6-5-12(22)10-15(14)28-19(27-7-1-2-8-27)13(11-23-28)17(29)24-20-26-25-18(31-20)16-4-3-9-30-16/h1-2,5-8,10-11,16H,3-4,9H2,(H,24,26,29). The number of hydrogen-bond acceptors (Lipinski definition) is 6. The van der Waals surface area contributed by atoms with Gasteiger partial charge in [0, 0.05) is 25.1 Å². The van der Waals surface area contributed by atoms with Crippen LogP contribution in [0.3, 0.4) is 0 Å². The number of aromatic nitrogens is 5. The number of amides is 1. The zero-order valence-electron chi connectivity index (χ0n) is 16.0. The molecule has 4 heterocycles. The Hall–Kier alpha value is -3.08. The van der Waals surface area contributed by atoms with Crippen molar-refractivity contribution in [2.24, 2.45) is 0 Å². The number of halogens is 2. The maximum Gasteiger partial charge on any atom is 0.262 e. The lowest BCUT2D eigenvalue weighted by Gasteiger charge is -2.12. The average Bonchev–Trinajstić information content (AvgIpc) is 3.54. The Bertz CT molecular complexity index is 1230. The maximum absolute atomic E-state index is 13.9. The lowest BCUT2D eigenvalue weighted by Crippen LogP contribution is -2.15. The van der Waals surface area contributed by atoms with Gasteiger partial charge >= 0.3 is 0 Å². The molecule has 1 aliphatic rings. The molecule has 1 aliphatic heterocycles. The number of anilines is 1. The Morgan fingerprint density at radius 1 is 1.29 bits per heavy atom. The molecule has 0 radical (unpaired) electrons. The minimum absolute atomic E-state index is 0.0727. The summed E-state index contributed by atoms with van der Waals surface area (Å²) in [6, 6.07) is 7.60. The van der Waals surface area contributed by atoms with Crippen LogP contribution in [0.4, 0.5) is 9.52 Å². The van der Waals surface area contributed by atoms with Gasteiger partial charge in [-0.25, -0.2) is 9.07 Å². The van der Waals surface area contributed by atoms with Crippen LogP contribution in [0.5, 0.6) is 0 Å². The van der Waals surface area contributed by atoms with E-state index in [9.17, 15) is 9.18 Å². The fourth-order valence-electron chi connectivity index (χ4n) is 3.40. The van der Waals surface area contributed by atoms with E-state index in [0.717, 1.165) is 17.8 Å². The highest BCUT2D eigenvalue weighted by molar-refractivity contribution is 7.15. The van der Waals surface area contributed by atoms with Crippen molar-refractivity contribution in [2.45, 2.75) is 18.9 Å². The summed E-state index contributed by atoms with van der Waals surface area (Å²) in [4.78, 5) is 13.1. The molecule has 1 amide bonds. The van der Waals surface area contributed by atoms with Crippen LogP contribution >= 0.6 is 22.9 Å². The summed E-state index contributed by atoms with van der Waals surface area (Å²) < 4.78 is 22.6. The third-order valence-corrected chi connectivity index (χ3v) is 6.09. The van der Waals surface area contributed by atoms with E-state index in [-0.39, 0.29) is 11.7 Å². The van der Waals surface area contributed by atoms with Crippen LogP contribution in [-0.4, -0.2) is 37.1 Å². The first kappa shape index (κ1) is 19.9. The Labute approximate surface area is 185 Å². The van der Waals surface area contributed by atoms with Crippen molar-refractivity contribution < 1.29 is 13.9 Å². The van der Waals surface area contributed by atoms with Gasteiger partial charge in [0.25, 0.3) is 5.91 Å². The summed E-state index contributed by atoms with van der Waals surface area (Å²) in [6.45, 7) is 0.702. The molecule has 158 valence electrons. The minimum Gasteiger partial charge on any atom is -0.371 e. The highest BCUT2D eigenvalue weighted by atomic mass is 35.5. The van der Waals surface area contributed by atoms with Gasteiger partial charge in [0.1, 0.15) is 22.5 Å². The first-order valence-corrected chi connectivity index (χ1v) is 10.7. The highest BCUT2D eigenvalue weighted by Gasteiger charge is 2.25. The van der Waals surface area contributed by atoms with Crippen LogP contribution in [0.2, 0.25) is 5.02 Å². The van der Waals surface area contributed by atoms with Crippen molar-refractivity contribution in [2.75, 3.05) is 11.9 Å². The van der Waals surface area contributed by atoms with Gasteiger partial charge in [0.05, 0.1) is 16.9 Å². The fourth-order valence-corrected chi connectivity index (χ4v) is 4.42. The molecule has 1 unspecified atom stereocenters. The molecule has 0 bridgehead atoms. The molecule has 11 heteroatoms. The van der Waals surface area contributed by atoms with E-state index >= 15 is 0 Å². The van der Waals surface area contributed by atoms with Crippen molar-refractivity contribution in [3.8, 4) is 11.5 Å². The third-order valence-electron chi connectivity index (χ3n) is 4.84. The minimum atomic E-state index is -0.463. The zero-order valence-corrected chi connectivity index (χ0v) is 17.6. The maximum atomic E-state index is 13.9. The van der Waals surface area contributed by atoms with Gasteiger partial charge in [-0.05, 0) is 37.1 Å². The topological polar surface area (TPSA) is 86.9 Å². The molecular formula is C20H16ClFN6O2S. The predicted octanol–water partition coefficient (Wildman–Crippen LogP) is 4.41. The van der Waals surface area contributed by atoms with Gasteiger partial charge in [0.2, 0.25) is 5.13 Å². The molecule has 8 nitrogen and oxygen atoms in total. The number of carbonyl (C=O) groups excluding carboxylic acids is 1. The fraction of sp³-hybridized carbons (Fsp3) is 0.200. The summed E-state index contributed by atoms with van der Waals surface area (Å²) >= 11 is 7.56. The van der Waals surface area contributed by atoms with E-state index in [1.807, 2.05) is 12.1 Å². The van der Waals surface area contributed by atoms with Gasteiger partial charge in [-0.2, -0.15) is 5.10 Å². The number of carbonyl (C=O) groups is 1. The van der Waals surface area contributed by atoms with E-state index in [1.54, 1.807) is 17.0 Å². The molecule has 3 aromatic heterocycles. The van der Waals surface area contributed by atoms with Crippen molar-refractivity contribution in [1.29, 1.82) is 0 Å². The molecule has 1 fully saturated rings. The van der Waals surface area contributed by atoms with Crippen LogP contribution in [0.15, 0.2) is 48.9 Å². The van der Waals surface area contributed by atoms with Crippen molar-refractivity contribution >= 4 is 34.0 Å². The van der Waals surface area contributed by atoms with E-state index in [1.165, 1.54) is 40.4 Å².